The van der Waals surface area contributed by atoms with Gasteiger partial charge in [-0.25, -0.2) is 0 Å². The zero-order valence-corrected chi connectivity index (χ0v) is 9.24. The van der Waals surface area contributed by atoms with E-state index in [1.807, 2.05) is 6.08 Å². The van der Waals surface area contributed by atoms with Crippen LogP contribution in [0.3, 0.4) is 0 Å². The number of thioether (sulfide) groups is 1. The topological polar surface area (TPSA) is 24.4 Å². The minimum atomic E-state index is -0.0706. The van der Waals surface area contributed by atoms with Crippen LogP contribution in [-0.2, 0) is 0 Å². The Hall–Kier alpha value is -0.700. The van der Waals surface area contributed by atoms with E-state index >= 15 is 0 Å². The maximum absolute atomic E-state index is 4.55. The Balaban J connectivity index is 2.67. The first-order valence-corrected chi connectivity index (χ1v) is 5.32. The SMILES string of the molecule is C=CCSC1=NC(C)(C)C=C(C)N1. The maximum atomic E-state index is 4.55. The lowest BCUT2D eigenvalue weighted by Crippen LogP contribution is -2.30. The Morgan fingerprint density at radius 2 is 2.38 bits per heavy atom. The zero-order chi connectivity index (χ0) is 9.90. The molecule has 0 aromatic rings. The van der Waals surface area contributed by atoms with Gasteiger partial charge in [-0.3, -0.25) is 4.99 Å². The summed E-state index contributed by atoms with van der Waals surface area (Å²) in [5, 5.41) is 4.22. The highest BCUT2D eigenvalue weighted by atomic mass is 32.2. The van der Waals surface area contributed by atoms with Gasteiger partial charge < -0.3 is 5.32 Å². The molecular formula is C10H16N2S. The number of aliphatic imine (C=N–C) groups is 1. The largest absolute Gasteiger partial charge is 0.339 e. The quantitative estimate of drug-likeness (QED) is 0.686. The van der Waals surface area contributed by atoms with Gasteiger partial charge in [0.2, 0.25) is 0 Å². The number of rotatable bonds is 2. The number of amidine groups is 1. The number of nitrogens with zero attached hydrogens (tertiary/aromatic N) is 1. The van der Waals surface area contributed by atoms with Crippen LogP contribution < -0.4 is 5.32 Å². The van der Waals surface area contributed by atoms with Crippen LogP contribution in [0.15, 0.2) is 29.4 Å². The van der Waals surface area contributed by atoms with E-state index in [0.29, 0.717) is 0 Å². The van der Waals surface area contributed by atoms with Crippen LogP contribution >= 0.6 is 11.8 Å². The molecule has 3 heteroatoms. The smallest absolute Gasteiger partial charge is 0.161 e. The summed E-state index contributed by atoms with van der Waals surface area (Å²) >= 11 is 1.68. The molecular weight excluding hydrogens is 180 g/mol. The number of allylic oxidation sites excluding steroid dienone is 1. The molecule has 1 heterocycles. The van der Waals surface area contributed by atoms with E-state index in [-0.39, 0.29) is 5.54 Å². The van der Waals surface area contributed by atoms with Crippen molar-refractivity contribution in [3.05, 3.63) is 24.4 Å². The second-order valence-electron chi connectivity index (χ2n) is 3.62. The molecule has 1 N–H and O–H groups in total. The molecule has 0 spiro atoms. The second kappa shape index (κ2) is 4.01. The lowest BCUT2D eigenvalue weighted by Gasteiger charge is -2.24. The van der Waals surface area contributed by atoms with Crippen molar-refractivity contribution in [1.82, 2.24) is 5.32 Å². The van der Waals surface area contributed by atoms with Crippen LogP contribution in [0.25, 0.3) is 0 Å². The summed E-state index contributed by atoms with van der Waals surface area (Å²) in [6.07, 6.45) is 4.01. The summed E-state index contributed by atoms with van der Waals surface area (Å²) in [5.41, 5.74) is 1.10. The van der Waals surface area contributed by atoms with Gasteiger partial charge in [-0.15, -0.1) is 6.58 Å². The normalized spacial score (nSPS) is 19.9. The maximum Gasteiger partial charge on any atom is 0.161 e. The van der Waals surface area contributed by atoms with E-state index < -0.39 is 0 Å². The molecule has 13 heavy (non-hydrogen) atoms. The molecule has 72 valence electrons. The standard InChI is InChI=1S/C10H16N2S/c1-5-6-13-9-11-8(2)7-10(3,4)12-9/h5,7H,1,6H2,2-4H3,(H,11,12). The molecule has 1 aliphatic heterocycles. The molecule has 2 nitrogen and oxygen atoms in total. The summed E-state index contributed by atoms with van der Waals surface area (Å²) in [7, 11) is 0. The number of nitrogens with one attached hydrogen (secondary N) is 1. The highest BCUT2D eigenvalue weighted by Crippen LogP contribution is 2.20. The summed E-state index contributed by atoms with van der Waals surface area (Å²) in [4.78, 5) is 4.55. The van der Waals surface area contributed by atoms with Crippen LogP contribution in [0.4, 0.5) is 0 Å². The first-order valence-electron chi connectivity index (χ1n) is 4.33. The van der Waals surface area contributed by atoms with Crippen molar-refractivity contribution >= 4 is 16.9 Å². The molecule has 0 radical (unpaired) electrons. The number of hydrogen-bond acceptors (Lipinski definition) is 3. The zero-order valence-electron chi connectivity index (χ0n) is 8.42. The molecule has 0 aromatic carbocycles. The molecule has 0 atom stereocenters. The van der Waals surface area contributed by atoms with Gasteiger partial charge in [0.25, 0.3) is 0 Å². The predicted octanol–water partition coefficient (Wildman–Crippen LogP) is 2.55. The Labute approximate surface area is 84.2 Å². The van der Waals surface area contributed by atoms with Gasteiger partial charge in [0.1, 0.15) is 0 Å². The van der Waals surface area contributed by atoms with Gasteiger partial charge in [0.15, 0.2) is 5.17 Å². The molecule has 0 amide bonds. The third-order valence-electron chi connectivity index (χ3n) is 1.60. The minimum absolute atomic E-state index is 0.0706. The van der Waals surface area contributed by atoms with Gasteiger partial charge in [-0.05, 0) is 26.8 Å². The third kappa shape index (κ3) is 3.27. The molecule has 0 fully saturated rings. The van der Waals surface area contributed by atoms with Crippen LogP contribution in [0.5, 0.6) is 0 Å². The fraction of sp³-hybridized carbons (Fsp3) is 0.500. The van der Waals surface area contributed by atoms with Crippen molar-refractivity contribution in [2.75, 3.05) is 5.75 Å². The lowest BCUT2D eigenvalue weighted by atomic mass is 10.0. The molecule has 1 aliphatic rings. The van der Waals surface area contributed by atoms with Crippen molar-refractivity contribution in [1.29, 1.82) is 0 Å². The highest BCUT2D eigenvalue weighted by molar-refractivity contribution is 8.13. The molecule has 0 saturated carbocycles. The Morgan fingerprint density at radius 3 is 2.92 bits per heavy atom. The first kappa shape index (κ1) is 10.4. The van der Waals surface area contributed by atoms with E-state index in [0.717, 1.165) is 10.9 Å². The summed E-state index contributed by atoms with van der Waals surface area (Å²) in [6, 6.07) is 0. The predicted molar refractivity (Wildman–Crippen MR) is 61.1 cm³/mol. The minimum Gasteiger partial charge on any atom is -0.339 e. The van der Waals surface area contributed by atoms with E-state index in [9.17, 15) is 0 Å². The molecule has 0 saturated heterocycles. The van der Waals surface area contributed by atoms with Crippen LogP contribution in [0.2, 0.25) is 0 Å². The fourth-order valence-corrected chi connectivity index (χ4v) is 2.07. The Kier molecular flexibility index (Phi) is 3.20. The molecule has 0 aliphatic carbocycles. The summed E-state index contributed by atoms with van der Waals surface area (Å²) in [5.74, 6) is 0.898. The van der Waals surface area contributed by atoms with E-state index in [2.05, 4.69) is 43.7 Å². The van der Waals surface area contributed by atoms with Crippen LogP contribution in [0, 0.1) is 0 Å². The Bertz CT molecular complexity index is 264. The molecule has 0 bridgehead atoms. The van der Waals surface area contributed by atoms with Crippen LogP contribution in [0.1, 0.15) is 20.8 Å². The van der Waals surface area contributed by atoms with Gasteiger partial charge in [-0.2, -0.15) is 0 Å². The second-order valence-corrected chi connectivity index (χ2v) is 4.63. The van der Waals surface area contributed by atoms with E-state index in [4.69, 9.17) is 0 Å². The highest BCUT2D eigenvalue weighted by Gasteiger charge is 2.19. The van der Waals surface area contributed by atoms with Gasteiger partial charge in [0, 0.05) is 11.4 Å². The van der Waals surface area contributed by atoms with Gasteiger partial charge in [0.05, 0.1) is 5.54 Å². The van der Waals surface area contributed by atoms with E-state index in [1.165, 1.54) is 5.70 Å². The van der Waals surface area contributed by atoms with Gasteiger partial charge >= 0.3 is 0 Å². The average molecular weight is 196 g/mol. The number of hydrogen-bond donors (Lipinski definition) is 1. The van der Waals surface area contributed by atoms with Crippen molar-refractivity contribution in [3.63, 3.8) is 0 Å². The van der Waals surface area contributed by atoms with Crippen molar-refractivity contribution in [2.24, 2.45) is 4.99 Å². The van der Waals surface area contributed by atoms with Gasteiger partial charge in [-0.1, -0.05) is 17.8 Å². The van der Waals surface area contributed by atoms with Crippen molar-refractivity contribution < 1.29 is 0 Å². The monoisotopic (exact) mass is 196 g/mol. The lowest BCUT2D eigenvalue weighted by molar-refractivity contribution is 0.636. The van der Waals surface area contributed by atoms with Crippen LogP contribution in [-0.4, -0.2) is 16.5 Å². The average Bonchev–Trinajstić information content (AvgIpc) is 1.97. The molecule has 0 aromatic heterocycles. The summed E-state index contributed by atoms with van der Waals surface area (Å²) < 4.78 is 0. The molecule has 0 unspecified atom stereocenters. The van der Waals surface area contributed by atoms with E-state index in [1.54, 1.807) is 11.8 Å². The summed E-state index contributed by atoms with van der Waals surface area (Å²) in [6.45, 7) is 9.95. The fourth-order valence-electron chi connectivity index (χ4n) is 1.26. The van der Waals surface area contributed by atoms with Crippen molar-refractivity contribution in [2.45, 2.75) is 26.3 Å². The third-order valence-corrected chi connectivity index (χ3v) is 2.47. The van der Waals surface area contributed by atoms with Crippen molar-refractivity contribution in [3.8, 4) is 0 Å². The first-order chi connectivity index (χ1) is 6.03. The Morgan fingerprint density at radius 1 is 1.69 bits per heavy atom. The molecule has 1 rings (SSSR count).